The minimum atomic E-state index is -0.666. The molecule has 2 heteroatoms. The molecular formula is C18H28O2. The summed E-state index contributed by atoms with van der Waals surface area (Å²) in [5.74, 6) is -0.666. The van der Waals surface area contributed by atoms with E-state index in [4.69, 9.17) is 5.11 Å². The van der Waals surface area contributed by atoms with Crippen LogP contribution in [-0.4, -0.2) is 11.1 Å². The van der Waals surface area contributed by atoms with Crippen molar-refractivity contribution in [3.05, 3.63) is 35.4 Å². The molecule has 0 atom stereocenters. The predicted molar refractivity (Wildman–Crippen MR) is 84.1 cm³/mol. The average Bonchev–Trinajstić information content (AvgIpc) is 2.42. The van der Waals surface area contributed by atoms with Crippen LogP contribution in [-0.2, 0) is 11.2 Å². The Balaban J connectivity index is 1.87. The molecule has 112 valence electrons. The molecule has 0 saturated heterocycles. The van der Waals surface area contributed by atoms with Gasteiger partial charge in [-0.1, -0.05) is 68.4 Å². The smallest absolute Gasteiger partial charge is 0.303 e. The molecule has 1 aromatic rings. The van der Waals surface area contributed by atoms with E-state index < -0.39 is 5.97 Å². The van der Waals surface area contributed by atoms with Crippen LogP contribution in [0.15, 0.2) is 24.3 Å². The number of unbranched alkanes of at least 4 members (excludes halogenated alkanes) is 7. The van der Waals surface area contributed by atoms with Crippen molar-refractivity contribution in [2.75, 3.05) is 0 Å². The summed E-state index contributed by atoms with van der Waals surface area (Å²) in [6, 6.07) is 8.84. The molecule has 0 aromatic heterocycles. The van der Waals surface area contributed by atoms with Crippen LogP contribution in [0.3, 0.4) is 0 Å². The first kappa shape index (κ1) is 16.7. The molecule has 0 heterocycles. The topological polar surface area (TPSA) is 37.3 Å². The summed E-state index contributed by atoms with van der Waals surface area (Å²) in [6.07, 6.45) is 11.1. The van der Waals surface area contributed by atoms with Crippen LogP contribution >= 0.6 is 0 Å². The number of hydrogen-bond acceptors (Lipinski definition) is 1. The first-order chi connectivity index (χ1) is 9.68. The zero-order chi connectivity index (χ0) is 14.6. The van der Waals surface area contributed by atoms with E-state index in [1.807, 2.05) is 0 Å². The molecule has 20 heavy (non-hydrogen) atoms. The van der Waals surface area contributed by atoms with E-state index >= 15 is 0 Å². The molecule has 1 rings (SSSR count). The fraction of sp³-hybridized carbons (Fsp3) is 0.611. The van der Waals surface area contributed by atoms with Gasteiger partial charge in [0.2, 0.25) is 0 Å². The maximum absolute atomic E-state index is 10.3. The van der Waals surface area contributed by atoms with Gasteiger partial charge in [-0.05, 0) is 31.7 Å². The van der Waals surface area contributed by atoms with E-state index in [0.29, 0.717) is 6.42 Å². The first-order valence-corrected chi connectivity index (χ1v) is 7.96. The summed E-state index contributed by atoms with van der Waals surface area (Å²) in [5.41, 5.74) is 2.78. The lowest BCUT2D eigenvalue weighted by atomic mass is 10.0. The number of rotatable bonds is 11. The SMILES string of the molecule is Cc1ccc(CCCCCCCCCCC(=O)O)cc1. The third-order valence-electron chi connectivity index (χ3n) is 3.73. The number of carboxylic acids is 1. The van der Waals surface area contributed by atoms with Gasteiger partial charge in [0, 0.05) is 6.42 Å². The van der Waals surface area contributed by atoms with Gasteiger partial charge in [-0.2, -0.15) is 0 Å². The van der Waals surface area contributed by atoms with Crippen LogP contribution in [0.5, 0.6) is 0 Å². The van der Waals surface area contributed by atoms with Gasteiger partial charge in [-0.15, -0.1) is 0 Å². The van der Waals surface area contributed by atoms with Crippen molar-refractivity contribution in [3.63, 3.8) is 0 Å². The van der Waals surface area contributed by atoms with Crippen molar-refractivity contribution in [2.45, 2.75) is 71.1 Å². The summed E-state index contributed by atoms with van der Waals surface area (Å²) in [7, 11) is 0. The molecule has 0 fully saturated rings. The molecular weight excluding hydrogens is 248 g/mol. The second-order valence-corrected chi connectivity index (χ2v) is 5.71. The Hall–Kier alpha value is -1.31. The first-order valence-electron chi connectivity index (χ1n) is 7.96. The van der Waals surface area contributed by atoms with E-state index in [9.17, 15) is 4.79 Å². The predicted octanol–water partition coefficient (Wildman–Crippen LogP) is 5.13. The molecule has 1 N–H and O–H groups in total. The quantitative estimate of drug-likeness (QED) is 0.569. The van der Waals surface area contributed by atoms with Crippen LogP contribution in [0.1, 0.15) is 68.9 Å². The molecule has 0 saturated carbocycles. The highest BCUT2D eigenvalue weighted by atomic mass is 16.4. The van der Waals surface area contributed by atoms with Gasteiger partial charge in [0.15, 0.2) is 0 Å². The fourth-order valence-corrected chi connectivity index (χ4v) is 2.42. The molecule has 0 aliphatic rings. The van der Waals surface area contributed by atoms with Crippen molar-refractivity contribution >= 4 is 5.97 Å². The van der Waals surface area contributed by atoms with Crippen LogP contribution < -0.4 is 0 Å². The molecule has 0 radical (unpaired) electrons. The Morgan fingerprint density at radius 3 is 1.90 bits per heavy atom. The van der Waals surface area contributed by atoms with Gasteiger partial charge in [-0.25, -0.2) is 0 Å². The normalized spacial score (nSPS) is 10.7. The van der Waals surface area contributed by atoms with Gasteiger partial charge < -0.3 is 5.11 Å². The van der Waals surface area contributed by atoms with Crippen LogP contribution in [0, 0.1) is 6.92 Å². The Bertz CT molecular complexity index is 368. The molecule has 0 bridgehead atoms. The molecule has 0 aliphatic carbocycles. The minimum absolute atomic E-state index is 0.330. The van der Waals surface area contributed by atoms with E-state index in [-0.39, 0.29) is 0 Å². The Kier molecular flexibility index (Phi) is 8.77. The Labute approximate surface area is 123 Å². The average molecular weight is 276 g/mol. The van der Waals surface area contributed by atoms with Gasteiger partial charge >= 0.3 is 5.97 Å². The van der Waals surface area contributed by atoms with E-state index in [0.717, 1.165) is 12.8 Å². The minimum Gasteiger partial charge on any atom is -0.481 e. The highest BCUT2D eigenvalue weighted by Gasteiger charge is 1.97. The second-order valence-electron chi connectivity index (χ2n) is 5.71. The van der Waals surface area contributed by atoms with Crippen molar-refractivity contribution in [1.29, 1.82) is 0 Å². The second kappa shape index (κ2) is 10.5. The molecule has 1 aromatic carbocycles. The molecule has 0 aliphatic heterocycles. The molecule has 0 unspecified atom stereocenters. The summed E-state index contributed by atoms with van der Waals surface area (Å²) < 4.78 is 0. The third kappa shape index (κ3) is 8.73. The van der Waals surface area contributed by atoms with E-state index in [1.54, 1.807) is 0 Å². The standard InChI is InChI=1S/C18H28O2/c1-16-12-14-17(15-13-16)10-8-6-4-2-3-5-7-9-11-18(19)20/h12-15H,2-11H2,1H3,(H,19,20). The summed E-state index contributed by atoms with van der Waals surface area (Å²) in [4.78, 5) is 10.3. The fourth-order valence-electron chi connectivity index (χ4n) is 2.42. The number of hydrogen-bond donors (Lipinski definition) is 1. The number of benzene rings is 1. The Morgan fingerprint density at radius 1 is 0.850 bits per heavy atom. The summed E-state index contributed by atoms with van der Waals surface area (Å²) in [5, 5.41) is 8.52. The lowest BCUT2D eigenvalue weighted by molar-refractivity contribution is -0.137. The highest BCUT2D eigenvalue weighted by Crippen LogP contribution is 2.12. The monoisotopic (exact) mass is 276 g/mol. The van der Waals surface area contributed by atoms with Crippen LogP contribution in [0.4, 0.5) is 0 Å². The molecule has 2 nitrogen and oxygen atoms in total. The van der Waals surface area contributed by atoms with Crippen LogP contribution in [0.25, 0.3) is 0 Å². The van der Waals surface area contributed by atoms with Gasteiger partial charge in [0.25, 0.3) is 0 Å². The summed E-state index contributed by atoms with van der Waals surface area (Å²) in [6.45, 7) is 2.13. The number of carboxylic acid groups (broad SMARTS) is 1. The van der Waals surface area contributed by atoms with E-state index in [1.165, 1.54) is 56.1 Å². The molecule has 0 amide bonds. The van der Waals surface area contributed by atoms with Gasteiger partial charge in [-0.3, -0.25) is 4.79 Å². The van der Waals surface area contributed by atoms with Crippen LogP contribution in [0.2, 0.25) is 0 Å². The van der Waals surface area contributed by atoms with Crippen molar-refractivity contribution in [2.24, 2.45) is 0 Å². The summed E-state index contributed by atoms with van der Waals surface area (Å²) >= 11 is 0. The number of aryl methyl sites for hydroxylation is 2. The lowest BCUT2D eigenvalue weighted by Crippen LogP contribution is -1.93. The maximum atomic E-state index is 10.3. The lowest BCUT2D eigenvalue weighted by Gasteiger charge is -2.03. The van der Waals surface area contributed by atoms with Gasteiger partial charge in [0.05, 0.1) is 0 Å². The van der Waals surface area contributed by atoms with Crippen molar-refractivity contribution < 1.29 is 9.90 Å². The maximum Gasteiger partial charge on any atom is 0.303 e. The number of carbonyl (C=O) groups is 1. The van der Waals surface area contributed by atoms with Crippen molar-refractivity contribution in [3.8, 4) is 0 Å². The third-order valence-corrected chi connectivity index (χ3v) is 3.73. The number of aliphatic carboxylic acids is 1. The van der Waals surface area contributed by atoms with Gasteiger partial charge in [0.1, 0.15) is 0 Å². The highest BCUT2D eigenvalue weighted by molar-refractivity contribution is 5.66. The zero-order valence-corrected chi connectivity index (χ0v) is 12.7. The zero-order valence-electron chi connectivity index (χ0n) is 12.7. The van der Waals surface area contributed by atoms with E-state index in [2.05, 4.69) is 31.2 Å². The van der Waals surface area contributed by atoms with Crippen molar-refractivity contribution in [1.82, 2.24) is 0 Å². The largest absolute Gasteiger partial charge is 0.481 e. The molecule has 0 spiro atoms. The Morgan fingerprint density at radius 2 is 1.35 bits per heavy atom.